The quantitative estimate of drug-likeness (QED) is 0.146. The van der Waals surface area contributed by atoms with Crippen molar-refractivity contribution in [1.29, 1.82) is 0 Å². The molecule has 2 heterocycles. The standard InChI is InChI=1S/C37H36F3N5O4/c1-4-8-24(3)45(22-46)36(49)28-15-14-26(17-23(28)2)35(48)43-19-25-12-13-27(31(18-25)37(38,39)40)20-42-33(47)21-44-32-11-6-5-9-29(32)30-10-7-16-41-34(30)44/h5-7,9-18,22,24H,4,8,19-21H2,1-3H3,(H,42,47)(H,43,48). The number of amides is 4. The van der Waals surface area contributed by atoms with Crippen molar-refractivity contribution in [2.45, 2.75) is 65.5 Å². The summed E-state index contributed by atoms with van der Waals surface area (Å²) in [6.45, 7) is 4.70. The van der Waals surface area contributed by atoms with Crippen LogP contribution in [0.4, 0.5) is 13.2 Å². The lowest BCUT2D eigenvalue weighted by atomic mass is 10.0. The molecule has 1 unspecified atom stereocenters. The summed E-state index contributed by atoms with van der Waals surface area (Å²) in [5, 5.41) is 7.02. The van der Waals surface area contributed by atoms with Crippen LogP contribution in [-0.4, -0.2) is 44.6 Å². The molecule has 12 heteroatoms. The largest absolute Gasteiger partial charge is 0.416 e. The number of carbonyl (C=O) groups excluding carboxylic acids is 4. The molecule has 0 saturated heterocycles. The number of hydrogen-bond acceptors (Lipinski definition) is 5. The first-order valence-corrected chi connectivity index (χ1v) is 15.9. The van der Waals surface area contributed by atoms with Crippen LogP contribution in [-0.2, 0) is 35.4 Å². The van der Waals surface area contributed by atoms with E-state index < -0.39 is 29.5 Å². The first-order valence-electron chi connectivity index (χ1n) is 15.9. The van der Waals surface area contributed by atoms with E-state index in [2.05, 4.69) is 15.6 Å². The third kappa shape index (κ3) is 7.64. The molecule has 5 rings (SSSR count). The number of halogens is 3. The molecule has 2 aromatic heterocycles. The lowest BCUT2D eigenvalue weighted by Gasteiger charge is -2.23. The van der Waals surface area contributed by atoms with E-state index in [1.807, 2.05) is 37.3 Å². The summed E-state index contributed by atoms with van der Waals surface area (Å²) in [7, 11) is 0. The third-order valence-electron chi connectivity index (χ3n) is 8.49. The maximum atomic E-state index is 14.1. The van der Waals surface area contributed by atoms with E-state index in [9.17, 15) is 32.3 Å². The number of pyridine rings is 1. The maximum absolute atomic E-state index is 14.1. The lowest BCUT2D eigenvalue weighted by Crippen LogP contribution is -2.37. The molecule has 0 aliphatic carbocycles. The SMILES string of the molecule is CCCC(C)N(C=O)C(=O)c1ccc(C(=O)NCc2ccc(CNC(=O)Cn3c4ccccc4c4cccnc43)c(C(F)(F)F)c2)cc1C. The van der Waals surface area contributed by atoms with Crippen LogP contribution in [0.3, 0.4) is 0 Å². The molecule has 1 atom stereocenters. The zero-order chi connectivity index (χ0) is 35.3. The van der Waals surface area contributed by atoms with Crippen LogP contribution in [0.25, 0.3) is 21.9 Å². The van der Waals surface area contributed by atoms with Gasteiger partial charge in [0, 0.05) is 47.2 Å². The molecule has 0 bridgehead atoms. The van der Waals surface area contributed by atoms with Crippen molar-refractivity contribution in [2.24, 2.45) is 0 Å². The molecule has 0 fully saturated rings. The molecule has 0 saturated carbocycles. The van der Waals surface area contributed by atoms with Gasteiger partial charge in [-0.2, -0.15) is 13.2 Å². The Morgan fingerprint density at radius 3 is 2.43 bits per heavy atom. The van der Waals surface area contributed by atoms with Gasteiger partial charge in [-0.15, -0.1) is 0 Å². The van der Waals surface area contributed by atoms with Crippen molar-refractivity contribution in [1.82, 2.24) is 25.1 Å². The van der Waals surface area contributed by atoms with Gasteiger partial charge >= 0.3 is 6.18 Å². The number of alkyl halides is 3. The van der Waals surface area contributed by atoms with Crippen LogP contribution in [0.2, 0.25) is 0 Å². The maximum Gasteiger partial charge on any atom is 0.416 e. The lowest BCUT2D eigenvalue weighted by molar-refractivity contribution is -0.138. The van der Waals surface area contributed by atoms with Crippen LogP contribution >= 0.6 is 0 Å². The van der Waals surface area contributed by atoms with Crippen LogP contribution in [0, 0.1) is 6.92 Å². The highest BCUT2D eigenvalue weighted by molar-refractivity contribution is 6.07. The van der Waals surface area contributed by atoms with Crippen molar-refractivity contribution in [3.8, 4) is 0 Å². The van der Waals surface area contributed by atoms with E-state index >= 15 is 0 Å². The minimum absolute atomic E-state index is 0.121. The molecule has 9 nitrogen and oxygen atoms in total. The van der Waals surface area contributed by atoms with Crippen LogP contribution in [0.5, 0.6) is 0 Å². The fourth-order valence-corrected chi connectivity index (χ4v) is 5.96. The van der Waals surface area contributed by atoms with Crippen molar-refractivity contribution in [2.75, 3.05) is 0 Å². The Hall–Kier alpha value is -5.52. The number of para-hydroxylation sites is 1. The van der Waals surface area contributed by atoms with E-state index in [4.69, 9.17) is 0 Å². The summed E-state index contributed by atoms with van der Waals surface area (Å²) in [5.74, 6) is -1.49. The second-order valence-electron chi connectivity index (χ2n) is 11.9. The first-order chi connectivity index (χ1) is 23.4. The molecule has 254 valence electrons. The number of carbonyl (C=O) groups is 4. The molecule has 0 spiro atoms. The number of imide groups is 1. The highest BCUT2D eigenvalue weighted by Gasteiger charge is 2.33. The van der Waals surface area contributed by atoms with E-state index in [0.717, 1.165) is 33.7 Å². The zero-order valence-electron chi connectivity index (χ0n) is 27.3. The minimum atomic E-state index is -4.71. The number of fused-ring (bicyclic) bond motifs is 3. The molecule has 5 aromatic rings. The Kier molecular flexibility index (Phi) is 10.5. The van der Waals surface area contributed by atoms with E-state index in [0.29, 0.717) is 24.0 Å². The molecular weight excluding hydrogens is 635 g/mol. The Balaban J connectivity index is 1.25. The topological polar surface area (TPSA) is 113 Å². The summed E-state index contributed by atoms with van der Waals surface area (Å²) in [4.78, 5) is 56.0. The smallest absolute Gasteiger partial charge is 0.350 e. The average molecular weight is 672 g/mol. The van der Waals surface area contributed by atoms with E-state index in [1.54, 1.807) is 30.7 Å². The summed E-state index contributed by atoms with van der Waals surface area (Å²) in [6.07, 6.45) is -1.14. The number of aryl methyl sites for hydroxylation is 1. The Morgan fingerprint density at radius 1 is 0.959 bits per heavy atom. The fourth-order valence-electron chi connectivity index (χ4n) is 5.96. The van der Waals surface area contributed by atoms with Crippen molar-refractivity contribution >= 4 is 46.1 Å². The number of hydrogen-bond donors (Lipinski definition) is 2. The van der Waals surface area contributed by atoms with Crippen LogP contribution < -0.4 is 10.6 Å². The van der Waals surface area contributed by atoms with Crippen molar-refractivity contribution in [3.05, 3.63) is 112 Å². The second kappa shape index (κ2) is 14.7. The predicted octanol–water partition coefficient (Wildman–Crippen LogP) is 6.55. The molecule has 3 aromatic carbocycles. The summed E-state index contributed by atoms with van der Waals surface area (Å²) in [5.41, 5.74) is 1.52. The van der Waals surface area contributed by atoms with Gasteiger partial charge in [-0.05, 0) is 79.4 Å². The number of nitrogens with zero attached hydrogens (tertiary/aromatic N) is 3. The highest BCUT2D eigenvalue weighted by atomic mass is 19.4. The first kappa shape index (κ1) is 34.8. The van der Waals surface area contributed by atoms with Gasteiger partial charge in [0.25, 0.3) is 11.8 Å². The Labute approximate surface area is 281 Å². The molecule has 0 radical (unpaired) electrons. The predicted molar refractivity (Wildman–Crippen MR) is 179 cm³/mol. The monoisotopic (exact) mass is 671 g/mol. The van der Waals surface area contributed by atoms with Crippen molar-refractivity contribution in [3.63, 3.8) is 0 Å². The Morgan fingerprint density at radius 2 is 1.71 bits per heavy atom. The third-order valence-corrected chi connectivity index (χ3v) is 8.49. The minimum Gasteiger partial charge on any atom is -0.350 e. The Bertz CT molecular complexity index is 1990. The van der Waals surface area contributed by atoms with Crippen LogP contribution in [0.15, 0.2) is 79.0 Å². The van der Waals surface area contributed by atoms with Gasteiger partial charge in [0.1, 0.15) is 12.2 Å². The highest BCUT2D eigenvalue weighted by Crippen LogP contribution is 2.33. The van der Waals surface area contributed by atoms with E-state index in [1.165, 1.54) is 30.3 Å². The second-order valence-corrected chi connectivity index (χ2v) is 11.9. The van der Waals surface area contributed by atoms with Crippen molar-refractivity contribution < 1.29 is 32.3 Å². The molecule has 0 aliphatic rings. The molecule has 49 heavy (non-hydrogen) atoms. The normalized spacial score (nSPS) is 12.1. The average Bonchev–Trinajstić information content (AvgIpc) is 3.39. The summed E-state index contributed by atoms with van der Waals surface area (Å²) in [6, 6.07) is 19.0. The van der Waals surface area contributed by atoms with Gasteiger partial charge in [-0.25, -0.2) is 4.98 Å². The van der Waals surface area contributed by atoms with Gasteiger partial charge in [0.05, 0.1) is 11.1 Å². The summed E-state index contributed by atoms with van der Waals surface area (Å²) < 4.78 is 44.1. The van der Waals surface area contributed by atoms with Gasteiger partial charge in [0.15, 0.2) is 0 Å². The number of aromatic nitrogens is 2. The number of nitrogens with one attached hydrogen (secondary N) is 2. The molecule has 4 amide bonds. The van der Waals surface area contributed by atoms with Gasteiger partial charge in [0.2, 0.25) is 12.3 Å². The number of rotatable bonds is 12. The number of benzene rings is 3. The zero-order valence-corrected chi connectivity index (χ0v) is 27.3. The summed E-state index contributed by atoms with van der Waals surface area (Å²) >= 11 is 0. The molecular formula is C37H36F3N5O4. The van der Waals surface area contributed by atoms with Gasteiger partial charge in [-0.1, -0.05) is 43.7 Å². The van der Waals surface area contributed by atoms with Gasteiger partial charge < -0.3 is 15.2 Å². The van der Waals surface area contributed by atoms with Crippen LogP contribution in [0.1, 0.15) is 69.7 Å². The fraction of sp³-hybridized carbons (Fsp3) is 0.270. The molecule has 0 aliphatic heterocycles. The molecule has 2 N–H and O–H groups in total. The van der Waals surface area contributed by atoms with Gasteiger partial charge in [-0.3, -0.25) is 24.1 Å². The van der Waals surface area contributed by atoms with E-state index in [-0.39, 0.29) is 47.9 Å².